The fraction of sp³-hybridized carbons (Fsp3) is 0.250. The van der Waals surface area contributed by atoms with Gasteiger partial charge in [0.25, 0.3) is 5.91 Å². The summed E-state index contributed by atoms with van der Waals surface area (Å²) in [6.45, 7) is 6.60. The van der Waals surface area contributed by atoms with Crippen molar-refractivity contribution < 1.29 is 31.9 Å². The van der Waals surface area contributed by atoms with Gasteiger partial charge < -0.3 is 15.0 Å². The maximum atomic E-state index is 15.5. The van der Waals surface area contributed by atoms with Crippen LogP contribution in [0.5, 0.6) is 5.88 Å². The molecule has 9 nitrogen and oxygen atoms in total. The summed E-state index contributed by atoms with van der Waals surface area (Å²) in [7, 11) is 0. The van der Waals surface area contributed by atoms with Crippen LogP contribution in [0.25, 0.3) is 16.8 Å². The van der Waals surface area contributed by atoms with Gasteiger partial charge in [-0.25, -0.2) is 14.4 Å². The third kappa shape index (κ3) is 5.47. The molecule has 1 aliphatic rings. The van der Waals surface area contributed by atoms with Gasteiger partial charge in [-0.15, -0.1) is 0 Å². The Bertz CT molecular complexity index is 1650. The molecule has 1 N–H and O–H groups in total. The third-order valence-electron chi connectivity index (χ3n) is 6.69. The van der Waals surface area contributed by atoms with Crippen LogP contribution < -0.4 is 10.1 Å². The van der Waals surface area contributed by atoms with E-state index < -0.39 is 23.5 Å². The number of likely N-dealkylation sites (tertiary alicyclic amines) is 1. The van der Waals surface area contributed by atoms with Crippen molar-refractivity contribution in [3.8, 4) is 17.1 Å². The number of fused-ring (bicyclic) bond motifs is 1. The number of alkyl halides is 3. The van der Waals surface area contributed by atoms with E-state index in [2.05, 4.69) is 21.9 Å². The molecule has 2 amide bonds. The lowest BCUT2D eigenvalue weighted by Crippen LogP contribution is -2.26. The van der Waals surface area contributed by atoms with Gasteiger partial charge in [-0.05, 0) is 49.8 Å². The van der Waals surface area contributed by atoms with Crippen LogP contribution >= 0.6 is 0 Å². The zero-order valence-corrected chi connectivity index (χ0v) is 21.8. The maximum Gasteiger partial charge on any atom is 0.416 e. The lowest BCUT2D eigenvalue weighted by atomic mass is 10.1. The molecule has 0 aliphatic carbocycles. The van der Waals surface area contributed by atoms with Crippen LogP contribution in [0.1, 0.15) is 41.0 Å². The van der Waals surface area contributed by atoms with E-state index in [1.807, 2.05) is 6.92 Å². The molecular formula is C28H24F4N6O3. The van der Waals surface area contributed by atoms with Crippen LogP contribution in [0.15, 0.2) is 61.6 Å². The van der Waals surface area contributed by atoms with Gasteiger partial charge in [0.1, 0.15) is 23.2 Å². The number of pyridine rings is 1. The smallest absolute Gasteiger partial charge is 0.416 e. The second kappa shape index (κ2) is 11.0. The topological polar surface area (TPSA) is 102 Å². The molecule has 4 aromatic rings. The number of nitrogens with one attached hydrogen (secondary N) is 1. The number of benzene rings is 1. The highest BCUT2D eigenvalue weighted by Crippen LogP contribution is 2.36. The summed E-state index contributed by atoms with van der Waals surface area (Å²) in [5.74, 6) is -1.34. The SMILES string of the molecule is C=CC(=O)N1CC[C@@H](c2nc(-c3ccc(C(=O)Nc4cc(C(F)(F)F)ccn4)cc3F)c3cncc(OCC)n23)C1. The van der Waals surface area contributed by atoms with Crippen molar-refractivity contribution in [1.29, 1.82) is 0 Å². The second-order valence-electron chi connectivity index (χ2n) is 9.27. The average molecular weight is 569 g/mol. The van der Waals surface area contributed by atoms with Gasteiger partial charge in [-0.3, -0.25) is 19.0 Å². The molecule has 1 aliphatic heterocycles. The highest BCUT2D eigenvalue weighted by Gasteiger charge is 2.32. The number of anilines is 1. The summed E-state index contributed by atoms with van der Waals surface area (Å²) < 4.78 is 62.1. The molecule has 5 rings (SSSR count). The molecule has 4 heterocycles. The average Bonchev–Trinajstić information content (AvgIpc) is 3.58. The molecule has 3 aromatic heterocycles. The van der Waals surface area contributed by atoms with Gasteiger partial charge in [0, 0.05) is 36.3 Å². The van der Waals surface area contributed by atoms with Crippen LogP contribution in [0.3, 0.4) is 0 Å². The first-order valence-corrected chi connectivity index (χ1v) is 12.7. The zero-order valence-electron chi connectivity index (χ0n) is 21.8. The molecule has 1 saturated heterocycles. The Hall–Kier alpha value is -4.81. The number of nitrogens with zero attached hydrogens (tertiary/aromatic N) is 5. The van der Waals surface area contributed by atoms with E-state index >= 15 is 4.39 Å². The number of hydrogen-bond acceptors (Lipinski definition) is 6. The van der Waals surface area contributed by atoms with Gasteiger partial charge in [0.2, 0.25) is 11.8 Å². The lowest BCUT2D eigenvalue weighted by Gasteiger charge is -2.14. The monoisotopic (exact) mass is 568 g/mol. The van der Waals surface area contributed by atoms with Gasteiger partial charge >= 0.3 is 6.18 Å². The molecule has 0 bridgehead atoms. The van der Waals surface area contributed by atoms with Gasteiger partial charge in [0.05, 0.1) is 30.1 Å². The zero-order chi connectivity index (χ0) is 29.3. The van der Waals surface area contributed by atoms with Gasteiger partial charge in [0.15, 0.2) is 0 Å². The summed E-state index contributed by atoms with van der Waals surface area (Å²) in [4.78, 5) is 39.3. The van der Waals surface area contributed by atoms with E-state index in [-0.39, 0.29) is 34.5 Å². The van der Waals surface area contributed by atoms with Crippen LogP contribution in [-0.4, -0.2) is 55.8 Å². The Labute approximate surface area is 231 Å². The first-order chi connectivity index (χ1) is 19.6. The van der Waals surface area contributed by atoms with Crippen molar-refractivity contribution in [2.75, 3.05) is 25.0 Å². The highest BCUT2D eigenvalue weighted by atomic mass is 19.4. The summed E-state index contributed by atoms with van der Waals surface area (Å²) in [5, 5.41) is 2.27. The molecule has 212 valence electrons. The summed E-state index contributed by atoms with van der Waals surface area (Å²) in [6, 6.07) is 5.15. The Balaban J connectivity index is 1.49. The number of hydrogen-bond donors (Lipinski definition) is 1. The van der Waals surface area contributed by atoms with Crippen LogP contribution in [-0.2, 0) is 11.0 Å². The molecule has 0 saturated carbocycles. The van der Waals surface area contributed by atoms with E-state index in [9.17, 15) is 22.8 Å². The van der Waals surface area contributed by atoms with Crippen molar-refractivity contribution in [2.24, 2.45) is 0 Å². The van der Waals surface area contributed by atoms with Crippen molar-refractivity contribution in [3.05, 3.63) is 84.3 Å². The predicted octanol–water partition coefficient (Wildman–Crippen LogP) is 5.10. The molecule has 0 radical (unpaired) electrons. The number of imidazole rings is 1. The molecule has 1 aromatic carbocycles. The van der Waals surface area contributed by atoms with Crippen molar-refractivity contribution >= 4 is 23.1 Å². The minimum Gasteiger partial charge on any atom is -0.478 e. The number of carbonyl (C=O) groups excluding carboxylic acids is 2. The van der Waals surface area contributed by atoms with E-state index in [0.717, 1.165) is 18.3 Å². The van der Waals surface area contributed by atoms with E-state index in [4.69, 9.17) is 9.72 Å². The molecule has 13 heteroatoms. The normalized spacial score (nSPS) is 15.2. The quantitative estimate of drug-likeness (QED) is 0.246. The molecule has 1 atom stereocenters. The first kappa shape index (κ1) is 27.7. The Kier molecular flexibility index (Phi) is 7.43. The van der Waals surface area contributed by atoms with E-state index in [1.165, 1.54) is 30.6 Å². The summed E-state index contributed by atoms with van der Waals surface area (Å²) in [5.41, 5.74) is -0.312. The van der Waals surface area contributed by atoms with E-state index in [0.29, 0.717) is 49.4 Å². The Morgan fingerprint density at radius 1 is 1.22 bits per heavy atom. The molecule has 0 unspecified atom stereocenters. The van der Waals surface area contributed by atoms with Crippen molar-refractivity contribution in [3.63, 3.8) is 0 Å². The number of amides is 2. The van der Waals surface area contributed by atoms with Gasteiger partial charge in [-0.1, -0.05) is 6.58 Å². The maximum absolute atomic E-state index is 15.5. The summed E-state index contributed by atoms with van der Waals surface area (Å²) in [6.07, 6.45) is 1.23. The lowest BCUT2D eigenvalue weighted by molar-refractivity contribution is -0.137. The number of rotatable bonds is 7. The fourth-order valence-corrected chi connectivity index (χ4v) is 4.77. The molecular weight excluding hydrogens is 544 g/mol. The number of ether oxygens (including phenoxy) is 1. The van der Waals surface area contributed by atoms with E-state index in [1.54, 1.807) is 9.30 Å². The first-order valence-electron chi connectivity index (χ1n) is 12.7. The van der Waals surface area contributed by atoms with Crippen LogP contribution in [0, 0.1) is 5.82 Å². The Morgan fingerprint density at radius 3 is 2.73 bits per heavy atom. The van der Waals surface area contributed by atoms with Gasteiger partial charge in [-0.2, -0.15) is 13.2 Å². The van der Waals surface area contributed by atoms with Crippen molar-refractivity contribution in [1.82, 2.24) is 24.3 Å². The standard InChI is InChI=1S/C28H24F4N6O3/c1-3-23(39)37-10-8-17(15-37)26-36-25(21-13-33-14-24(38(21)26)41-4-2)19-6-5-16(11-20(19)29)27(40)35-22-12-18(7-9-34-22)28(30,31)32/h3,5-7,9,11-14,17H,1,4,8,10,15H2,2H3,(H,34,35,40)/t17-/m1/s1. The molecule has 41 heavy (non-hydrogen) atoms. The molecule has 0 spiro atoms. The minimum absolute atomic E-state index is 0.0787. The minimum atomic E-state index is -4.61. The number of carbonyl (C=O) groups is 2. The third-order valence-corrected chi connectivity index (χ3v) is 6.69. The number of aromatic nitrogens is 4. The Morgan fingerprint density at radius 2 is 2.02 bits per heavy atom. The summed E-state index contributed by atoms with van der Waals surface area (Å²) >= 11 is 0. The molecule has 1 fully saturated rings. The fourth-order valence-electron chi connectivity index (χ4n) is 4.77. The second-order valence-corrected chi connectivity index (χ2v) is 9.27. The predicted molar refractivity (Wildman–Crippen MR) is 141 cm³/mol. The van der Waals surface area contributed by atoms with Crippen LogP contribution in [0.2, 0.25) is 0 Å². The largest absolute Gasteiger partial charge is 0.478 e. The number of halogens is 4. The van der Waals surface area contributed by atoms with Crippen molar-refractivity contribution in [2.45, 2.75) is 25.4 Å². The highest BCUT2D eigenvalue weighted by molar-refractivity contribution is 6.04. The van der Waals surface area contributed by atoms with Crippen LogP contribution in [0.4, 0.5) is 23.4 Å².